The molecule has 0 aliphatic rings. The van der Waals surface area contributed by atoms with E-state index in [1.807, 2.05) is 12.3 Å². The van der Waals surface area contributed by atoms with Gasteiger partial charge in [-0.1, -0.05) is 19.8 Å². The molecular formula is C12H16N2OS. The van der Waals surface area contributed by atoms with Crippen LogP contribution >= 0.6 is 11.3 Å². The molecule has 0 aromatic carbocycles. The fourth-order valence-electron chi connectivity index (χ4n) is 1.86. The van der Waals surface area contributed by atoms with E-state index in [1.165, 1.54) is 24.2 Å². The zero-order chi connectivity index (χ0) is 11.5. The largest absolute Gasteiger partial charge is 0.269 e. The Balaban J connectivity index is 2.39. The summed E-state index contributed by atoms with van der Waals surface area (Å²) in [6.07, 6.45) is 6.08. The molecule has 2 aromatic rings. The van der Waals surface area contributed by atoms with E-state index in [4.69, 9.17) is 0 Å². The molecule has 2 rings (SSSR count). The van der Waals surface area contributed by atoms with E-state index in [0.717, 1.165) is 29.1 Å². The molecule has 0 unspecified atom stereocenters. The van der Waals surface area contributed by atoms with E-state index in [0.29, 0.717) is 0 Å². The van der Waals surface area contributed by atoms with Gasteiger partial charge in [0.25, 0.3) is 5.56 Å². The summed E-state index contributed by atoms with van der Waals surface area (Å²) in [7, 11) is 0. The highest BCUT2D eigenvalue weighted by molar-refractivity contribution is 7.15. The quantitative estimate of drug-likeness (QED) is 0.765. The van der Waals surface area contributed by atoms with Gasteiger partial charge in [0.1, 0.15) is 0 Å². The Morgan fingerprint density at radius 2 is 2.25 bits per heavy atom. The Morgan fingerprint density at radius 1 is 1.44 bits per heavy atom. The average molecular weight is 236 g/mol. The van der Waals surface area contributed by atoms with Gasteiger partial charge in [-0.25, -0.2) is 4.98 Å². The van der Waals surface area contributed by atoms with E-state index in [-0.39, 0.29) is 5.56 Å². The minimum absolute atomic E-state index is 0.111. The first-order chi connectivity index (χ1) is 7.74. The predicted octanol–water partition coefficient (Wildman–Crippen LogP) is 2.80. The number of aryl methyl sites for hydroxylation is 1. The maximum atomic E-state index is 12.1. The van der Waals surface area contributed by atoms with Crippen LogP contribution in [-0.2, 0) is 6.42 Å². The van der Waals surface area contributed by atoms with Crippen molar-refractivity contribution >= 4 is 16.3 Å². The molecule has 3 nitrogen and oxygen atoms in total. The van der Waals surface area contributed by atoms with Crippen molar-refractivity contribution in [2.24, 2.45) is 0 Å². The highest BCUT2D eigenvalue weighted by Gasteiger charge is 2.09. The number of aromatic nitrogens is 2. The molecule has 0 amide bonds. The van der Waals surface area contributed by atoms with Crippen molar-refractivity contribution in [1.82, 2.24) is 9.38 Å². The average Bonchev–Trinajstić information content (AvgIpc) is 2.71. The van der Waals surface area contributed by atoms with Crippen molar-refractivity contribution in [3.63, 3.8) is 0 Å². The highest BCUT2D eigenvalue weighted by Crippen LogP contribution is 2.11. The van der Waals surface area contributed by atoms with Gasteiger partial charge in [0.2, 0.25) is 0 Å². The van der Waals surface area contributed by atoms with Crippen LogP contribution in [0, 0.1) is 6.92 Å². The molecule has 0 bridgehead atoms. The molecule has 2 aromatic heterocycles. The normalized spacial score (nSPS) is 11.1. The smallest absolute Gasteiger partial charge is 0.261 e. The van der Waals surface area contributed by atoms with Crippen LogP contribution in [0.1, 0.15) is 37.4 Å². The maximum absolute atomic E-state index is 12.1. The third kappa shape index (κ3) is 2.02. The van der Waals surface area contributed by atoms with Gasteiger partial charge in [-0.3, -0.25) is 9.20 Å². The van der Waals surface area contributed by atoms with Gasteiger partial charge in [-0.15, -0.1) is 11.3 Å². The zero-order valence-corrected chi connectivity index (χ0v) is 10.5. The molecule has 0 saturated carbocycles. The minimum atomic E-state index is 0.111. The summed E-state index contributed by atoms with van der Waals surface area (Å²) in [5.41, 5.74) is 1.88. The predicted molar refractivity (Wildman–Crippen MR) is 67.3 cm³/mol. The zero-order valence-electron chi connectivity index (χ0n) is 9.69. The second kappa shape index (κ2) is 4.78. The van der Waals surface area contributed by atoms with Crippen molar-refractivity contribution in [1.29, 1.82) is 0 Å². The number of fused-ring (bicyclic) bond motifs is 1. The van der Waals surface area contributed by atoms with Gasteiger partial charge in [0.15, 0.2) is 4.96 Å². The van der Waals surface area contributed by atoms with Crippen LogP contribution in [0.3, 0.4) is 0 Å². The molecule has 0 atom stereocenters. The lowest BCUT2D eigenvalue weighted by Gasteiger charge is -2.04. The Bertz CT molecular complexity index is 541. The highest BCUT2D eigenvalue weighted by atomic mass is 32.1. The van der Waals surface area contributed by atoms with Crippen LogP contribution in [0.5, 0.6) is 0 Å². The summed E-state index contributed by atoms with van der Waals surface area (Å²) < 4.78 is 1.65. The molecular weight excluding hydrogens is 220 g/mol. The first kappa shape index (κ1) is 11.3. The molecule has 0 saturated heterocycles. The van der Waals surface area contributed by atoms with Gasteiger partial charge < -0.3 is 0 Å². The number of rotatable bonds is 4. The maximum Gasteiger partial charge on any atom is 0.261 e. The van der Waals surface area contributed by atoms with Gasteiger partial charge in [-0.05, 0) is 19.8 Å². The fraction of sp³-hybridized carbons (Fsp3) is 0.500. The van der Waals surface area contributed by atoms with Gasteiger partial charge >= 0.3 is 0 Å². The van der Waals surface area contributed by atoms with Crippen molar-refractivity contribution in [2.75, 3.05) is 0 Å². The van der Waals surface area contributed by atoms with Crippen LogP contribution < -0.4 is 5.56 Å². The monoisotopic (exact) mass is 236 g/mol. The van der Waals surface area contributed by atoms with E-state index in [9.17, 15) is 4.79 Å². The number of hydrogen-bond donors (Lipinski definition) is 0. The third-order valence-electron chi connectivity index (χ3n) is 2.80. The summed E-state index contributed by atoms with van der Waals surface area (Å²) in [5, 5.41) is 1.90. The molecule has 0 N–H and O–H groups in total. The molecule has 0 spiro atoms. The summed E-state index contributed by atoms with van der Waals surface area (Å²) in [5.74, 6) is 0. The molecule has 2 heterocycles. The summed E-state index contributed by atoms with van der Waals surface area (Å²) in [6.45, 7) is 4.10. The van der Waals surface area contributed by atoms with Crippen LogP contribution in [0.2, 0.25) is 0 Å². The first-order valence-electron chi connectivity index (χ1n) is 5.69. The Morgan fingerprint density at radius 3 is 3.00 bits per heavy atom. The third-order valence-corrected chi connectivity index (χ3v) is 3.55. The molecule has 0 fully saturated rings. The van der Waals surface area contributed by atoms with E-state index < -0.39 is 0 Å². The Kier molecular flexibility index (Phi) is 3.39. The minimum Gasteiger partial charge on any atom is -0.269 e. The van der Waals surface area contributed by atoms with Crippen LogP contribution in [0.4, 0.5) is 0 Å². The summed E-state index contributed by atoms with van der Waals surface area (Å²) in [6, 6.07) is 0. The van der Waals surface area contributed by atoms with Crippen molar-refractivity contribution < 1.29 is 0 Å². The first-order valence-corrected chi connectivity index (χ1v) is 6.57. The number of thiazole rings is 1. The Labute approximate surface area is 98.8 Å². The second-order valence-corrected chi connectivity index (χ2v) is 4.87. The summed E-state index contributed by atoms with van der Waals surface area (Å²) in [4.78, 5) is 17.4. The Hall–Kier alpha value is -1.16. The standard InChI is InChI=1S/C12H16N2OS/c1-3-4-5-6-10-9(2)13-12-14(11(10)15)7-8-16-12/h7-8H,3-6H2,1-2H3. The van der Waals surface area contributed by atoms with Crippen molar-refractivity contribution in [3.05, 3.63) is 33.2 Å². The number of hydrogen-bond acceptors (Lipinski definition) is 3. The van der Waals surface area contributed by atoms with Crippen LogP contribution in [-0.4, -0.2) is 9.38 Å². The van der Waals surface area contributed by atoms with Gasteiger partial charge in [0, 0.05) is 22.8 Å². The van der Waals surface area contributed by atoms with Gasteiger partial charge in [-0.2, -0.15) is 0 Å². The van der Waals surface area contributed by atoms with E-state index in [1.54, 1.807) is 10.6 Å². The number of unbranched alkanes of at least 4 members (excludes halogenated alkanes) is 2. The number of nitrogens with zero attached hydrogens (tertiary/aromatic N) is 2. The lowest BCUT2D eigenvalue weighted by Crippen LogP contribution is -2.19. The molecule has 0 radical (unpaired) electrons. The van der Waals surface area contributed by atoms with Crippen molar-refractivity contribution in [2.45, 2.75) is 39.5 Å². The fourth-order valence-corrected chi connectivity index (χ4v) is 2.61. The van der Waals surface area contributed by atoms with Crippen LogP contribution in [0.25, 0.3) is 4.96 Å². The second-order valence-electron chi connectivity index (χ2n) is 3.99. The molecule has 16 heavy (non-hydrogen) atoms. The van der Waals surface area contributed by atoms with Gasteiger partial charge in [0.05, 0.1) is 0 Å². The van der Waals surface area contributed by atoms with E-state index >= 15 is 0 Å². The molecule has 86 valence electrons. The van der Waals surface area contributed by atoms with E-state index in [2.05, 4.69) is 11.9 Å². The molecule has 0 aliphatic carbocycles. The lowest BCUT2D eigenvalue weighted by molar-refractivity contribution is 0.706. The molecule has 4 heteroatoms. The SMILES string of the molecule is CCCCCc1c(C)nc2sccn2c1=O. The lowest BCUT2D eigenvalue weighted by atomic mass is 10.1. The summed E-state index contributed by atoms with van der Waals surface area (Å²) >= 11 is 1.50. The van der Waals surface area contributed by atoms with Crippen LogP contribution in [0.15, 0.2) is 16.4 Å². The molecule has 0 aliphatic heterocycles. The topological polar surface area (TPSA) is 34.4 Å². The van der Waals surface area contributed by atoms with Crippen molar-refractivity contribution in [3.8, 4) is 0 Å².